The molecule has 1 heterocycles. The lowest BCUT2D eigenvalue weighted by atomic mass is 9.97. The predicted octanol–water partition coefficient (Wildman–Crippen LogP) is 4.57. The quantitative estimate of drug-likeness (QED) is 0.520. The van der Waals surface area contributed by atoms with Crippen LogP contribution in [-0.4, -0.2) is 21.4 Å². The molecule has 0 aliphatic rings. The first-order valence-corrected chi connectivity index (χ1v) is 9.34. The standard InChI is InChI=1S/C22H26N2O3/c1-4-5-6-7-8-18(22(26)27)19-13-15(2)20(24(19)3)21(25)17-11-9-16(14-23)10-12-17/h9-13,18H,4-8H2,1-3H3,(H,26,27). The van der Waals surface area contributed by atoms with Gasteiger partial charge in [-0.25, -0.2) is 0 Å². The first kappa shape index (κ1) is 20.4. The number of ketones is 1. The average Bonchev–Trinajstić information content (AvgIpc) is 2.95. The number of benzene rings is 1. The number of nitriles is 1. The summed E-state index contributed by atoms with van der Waals surface area (Å²) in [5.41, 5.74) is 2.90. The van der Waals surface area contributed by atoms with Gasteiger partial charge in [-0.05, 0) is 49.2 Å². The van der Waals surface area contributed by atoms with Gasteiger partial charge in [0.15, 0.2) is 0 Å². The second-order valence-electron chi connectivity index (χ2n) is 6.92. The van der Waals surface area contributed by atoms with Crippen LogP contribution in [-0.2, 0) is 11.8 Å². The third-order valence-electron chi connectivity index (χ3n) is 4.95. The van der Waals surface area contributed by atoms with Gasteiger partial charge in [0.2, 0.25) is 5.78 Å². The lowest BCUT2D eigenvalue weighted by molar-refractivity contribution is -0.139. The van der Waals surface area contributed by atoms with Crippen molar-refractivity contribution >= 4 is 11.8 Å². The average molecular weight is 366 g/mol. The van der Waals surface area contributed by atoms with E-state index in [0.717, 1.165) is 31.2 Å². The van der Waals surface area contributed by atoms with Crippen LogP contribution in [0.2, 0.25) is 0 Å². The summed E-state index contributed by atoms with van der Waals surface area (Å²) in [4.78, 5) is 24.8. The molecule has 1 unspecified atom stereocenters. The largest absolute Gasteiger partial charge is 0.481 e. The van der Waals surface area contributed by atoms with Gasteiger partial charge in [-0.1, -0.05) is 32.6 Å². The molecule has 142 valence electrons. The molecular formula is C22H26N2O3. The summed E-state index contributed by atoms with van der Waals surface area (Å²) < 4.78 is 1.72. The Morgan fingerprint density at radius 1 is 1.19 bits per heavy atom. The highest BCUT2D eigenvalue weighted by Crippen LogP contribution is 2.28. The Bertz CT molecular complexity index is 857. The number of aliphatic carboxylic acids is 1. The zero-order chi connectivity index (χ0) is 20.0. The minimum atomic E-state index is -0.857. The molecule has 2 aromatic rings. The number of rotatable bonds is 9. The van der Waals surface area contributed by atoms with E-state index in [1.165, 1.54) is 0 Å². The maximum Gasteiger partial charge on any atom is 0.312 e. The maximum absolute atomic E-state index is 12.9. The third kappa shape index (κ3) is 4.65. The second-order valence-corrected chi connectivity index (χ2v) is 6.92. The van der Waals surface area contributed by atoms with Crippen molar-refractivity contribution in [2.24, 2.45) is 7.05 Å². The molecule has 0 amide bonds. The smallest absolute Gasteiger partial charge is 0.312 e. The van der Waals surface area contributed by atoms with Crippen molar-refractivity contribution in [3.63, 3.8) is 0 Å². The highest BCUT2D eigenvalue weighted by molar-refractivity contribution is 6.09. The molecule has 0 aliphatic carbocycles. The Morgan fingerprint density at radius 2 is 1.85 bits per heavy atom. The maximum atomic E-state index is 12.9. The molecule has 2 rings (SSSR count). The molecule has 0 spiro atoms. The van der Waals surface area contributed by atoms with E-state index in [-0.39, 0.29) is 5.78 Å². The van der Waals surface area contributed by atoms with Gasteiger partial charge in [0.25, 0.3) is 0 Å². The van der Waals surface area contributed by atoms with Crippen LogP contribution >= 0.6 is 0 Å². The van der Waals surface area contributed by atoms with Crippen molar-refractivity contribution in [1.82, 2.24) is 4.57 Å². The van der Waals surface area contributed by atoms with Gasteiger partial charge in [-0.15, -0.1) is 0 Å². The van der Waals surface area contributed by atoms with E-state index in [1.807, 2.05) is 19.1 Å². The van der Waals surface area contributed by atoms with Gasteiger partial charge in [-0.2, -0.15) is 5.26 Å². The van der Waals surface area contributed by atoms with E-state index in [0.29, 0.717) is 28.9 Å². The molecule has 1 atom stereocenters. The fourth-order valence-corrected chi connectivity index (χ4v) is 3.45. The first-order valence-electron chi connectivity index (χ1n) is 9.34. The van der Waals surface area contributed by atoms with E-state index in [9.17, 15) is 14.7 Å². The first-order chi connectivity index (χ1) is 12.9. The number of aromatic nitrogens is 1. The number of carbonyl (C=O) groups excluding carboxylic acids is 1. The molecule has 1 aromatic heterocycles. The van der Waals surface area contributed by atoms with Crippen LogP contribution in [0.15, 0.2) is 30.3 Å². The minimum Gasteiger partial charge on any atom is -0.481 e. The van der Waals surface area contributed by atoms with Crippen molar-refractivity contribution in [3.8, 4) is 6.07 Å². The van der Waals surface area contributed by atoms with Gasteiger partial charge in [-0.3, -0.25) is 9.59 Å². The summed E-state index contributed by atoms with van der Waals surface area (Å²) in [7, 11) is 1.75. The van der Waals surface area contributed by atoms with Crippen LogP contribution in [0.5, 0.6) is 0 Å². The summed E-state index contributed by atoms with van der Waals surface area (Å²) >= 11 is 0. The Labute approximate surface area is 160 Å². The molecule has 27 heavy (non-hydrogen) atoms. The monoisotopic (exact) mass is 366 g/mol. The zero-order valence-corrected chi connectivity index (χ0v) is 16.2. The number of carbonyl (C=O) groups is 2. The number of hydrogen-bond acceptors (Lipinski definition) is 3. The number of unbranched alkanes of at least 4 members (excludes halogenated alkanes) is 3. The third-order valence-corrected chi connectivity index (χ3v) is 4.95. The van der Waals surface area contributed by atoms with Crippen LogP contribution < -0.4 is 0 Å². The minimum absolute atomic E-state index is 0.166. The lowest BCUT2D eigenvalue weighted by Gasteiger charge is -2.15. The van der Waals surface area contributed by atoms with Crippen molar-refractivity contribution in [3.05, 3.63) is 58.4 Å². The summed E-state index contributed by atoms with van der Waals surface area (Å²) in [6.07, 6.45) is 4.64. The van der Waals surface area contributed by atoms with E-state index < -0.39 is 11.9 Å². The zero-order valence-electron chi connectivity index (χ0n) is 16.2. The Hall–Kier alpha value is -2.87. The molecule has 1 N–H and O–H groups in total. The summed E-state index contributed by atoms with van der Waals surface area (Å²) in [6, 6.07) is 10.3. The number of nitrogens with zero attached hydrogens (tertiary/aromatic N) is 2. The molecule has 0 fully saturated rings. The number of hydrogen-bond donors (Lipinski definition) is 1. The molecule has 5 heteroatoms. The normalized spacial score (nSPS) is 11.8. The van der Waals surface area contributed by atoms with E-state index >= 15 is 0 Å². The van der Waals surface area contributed by atoms with Gasteiger partial charge in [0.1, 0.15) is 0 Å². The molecule has 0 saturated carbocycles. The second kappa shape index (κ2) is 9.18. The van der Waals surface area contributed by atoms with Crippen molar-refractivity contribution in [1.29, 1.82) is 5.26 Å². The van der Waals surface area contributed by atoms with Crippen molar-refractivity contribution < 1.29 is 14.7 Å². The van der Waals surface area contributed by atoms with Crippen LogP contribution in [0.1, 0.15) is 77.8 Å². The fourth-order valence-electron chi connectivity index (χ4n) is 3.45. The van der Waals surface area contributed by atoms with Crippen molar-refractivity contribution in [2.75, 3.05) is 0 Å². The fraction of sp³-hybridized carbons (Fsp3) is 0.409. The summed E-state index contributed by atoms with van der Waals surface area (Å²) in [5, 5.41) is 18.6. The molecule has 0 aliphatic heterocycles. The Balaban J connectivity index is 2.31. The van der Waals surface area contributed by atoms with Gasteiger partial charge >= 0.3 is 5.97 Å². The van der Waals surface area contributed by atoms with Crippen molar-refractivity contribution in [2.45, 2.75) is 51.9 Å². The number of aryl methyl sites for hydroxylation is 1. The lowest BCUT2D eigenvalue weighted by Crippen LogP contribution is -2.17. The van der Waals surface area contributed by atoms with Crippen LogP contribution in [0, 0.1) is 18.3 Å². The molecule has 0 bridgehead atoms. The molecule has 0 radical (unpaired) electrons. The van der Waals surface area contributed by atoms with Gasteiger partial charge < -0.3 is 9.67 Å². The van der Waals surface area contributed by atoms with E-state index in [1.54, 1.807) is 35.9 Å². The highest BCUT2D eigenvalue weighted by atomic mass is 16.4. The molecule has 5 nitrogen and oxygen atoms in total. The molecule has 1 aromatic carbocycles. The SMILES string of the molecule is CCCCCCC(C(=O)O)c1cc(C)c(C(=O)c2ccc(C#N)cc2)n1C. The van der Waals surface area contributed by atoms with E-state index in [2.05, 4.69) is 6.92 Å². The summed E-state index contributed by atoms with van der Waals surface area (Å²) in [6.45, 7) is 3.95. The summed E-state index contributed by atoms with van der Waals surface area (Å²) in [5.74, 6) is -1.64. The van der Waals surface area contributed by atoms with Crippen LogP contribution in [0.25, 0.3) is 0 Å². The Morgan fingerprint density at radius 3 is 2.41 bits per heavy atom. The highest BCUT2D eigenvalue weighted by Gasteiger charge is 2.26. The van der Waals surface area contributed by atoms with Gasteiger partial charge in [0, 0.05) is 18.3 Å². The number of carboxylic acids is 1. The Kier molecular flexibility index (Phi) is 6.95. The molecule has 0 saturated heterocycles. The van der Waals surface area contributed by atoms with Gasteiger partial charge in [0.05, 0.1) is 23.2 Å². The van der Waals surface area contributed by atoms with Crippen LogP contribution in [0.4, 0.5) is 0 Å². The molecular weight excluding hydrogens is 340 g/mol. The number of carboxylic acid groups (broad SMARTS) is 1. The van der Waals surface area contributed by atoms with E-state index in [4.69, 9.17) is 5.26 Å². The predicted molar refractivity (Wildman–Crippen MR) is 104 cm³/mol. The van der Waals surface area contributed by atoms with Crippen LogP contribution in [0.3, 0.4) is 0 Å². The topological polar surface area (TPSA) is 83.1 Å².